The third-order valence-electron chi connectivity index (χ3n) is 3.26. The molecule has 0 aromatic heterocycles. The number of amides is 1. The lowest BCUT2D eigenvalue weighted by Gasteiger charge is -2.21. The van der Waals surface area contributed by atoms with Crippen LogP contribution in [0.5, 0.6) is 11.5 Å². The molecule has 4 nitrogen and oxygen atoms in total. The van der Waals surface area contributed by atoms with Gasteiger partial charge < -0.3 is 14.8 Å². The number of rotatable bonds is 4. The van der Waals surface area contributed by atoms with Gasteiger partial charge in [-0.25, -0.2) is 0 Å². The number of carbonyl (C=O) groups is 1. The minimum absolute atomic E-state index is 0.0758. The normalized spacial score (nSPS) is 15.9. The number of nitrogens with one attached hydrogen (secondary N) is 1. The fraction of sp³-hybridized carbons (Fsp3) is 0.500. The van der Waals surface area contributed by atoms with Gasteiger partial charge in [-0.05, 0) is 36.5 Å². The van der Waals surface area contributed by atoms with E-state index in [2.05, 4.69) is 5.32 Å². The van der Waals surface area contributed by atoms with Crippen LogP contribution in [0.3, 0.4) is 0 Å². The van der Waals surface area contributed by atoms with Crippen molar-refractivity contribution in [2.75, 3.05) is 31.0 Å². The van der Waals surface area contributed by atoms with Crippen LogP contribution in [-0.2, 0) is 4.79 Å². The highest BCUT2D eigenvalue weighted by Gasteiger charge is 2.22. The molecule has 104 valence electrons. The zero-order valence-corrected chi connectivity index (χ0v) is 12.1. The van der Waals surface area contributed by atoms with Crippen molar-refractivity contribution in [2.24, 2.45) is 5.92 Å². The second-order valence-corrected chi connectivity index (χ2v) is 5.67. The quantitative estimate of drug-likeness (QED) is 0.922. The molecule has 1 heterocycles. The lowest BCUT2D eigenvalue weighted by Crippen LogP contribution is -2.26. The van der Waals surface area contributed by atoms with Crippen molar-refractivity contribution in [3.8, 4) is 11.5 Å². The first-order chi connectivity index (χ1) is 9.24. The summed E-state index contributed by atoms with van der Waals surface area (Å²) in [5, 5.41) is 2.95. The molecule has 1 aromatic rings. The van der Waals surface area contributed by atoms with Crippen molar-refractivity contribution >= 4 is 23.4 Å². The Morgan fingerprint density at radius 1 is 1.26 bits per heavy atom. The molecule has 0 bridgehead atoms. The van der Waals surface area contributed by atoms with Gasteiger partial charge in [-0.2, -0.15) is 11.8 Å². The number of carbonyl (C=O) groups excluding carboxylic acids is 1. The fourth-order valence-corrected chi connectivity index (χ4v) is 3.21. The first-order valence-electron chi connectivity index (χ1n) is 6.35. The summed E-state index contributed by atoms with van der Waals surface area (Å²) < 4.78 is 10.4. The van der Waals surface area contributed by atoms with Gasteiger partial charge in [-0.15, -0.1) is 0 Å². The molecular formula is C14H19NO3S. The summed E-state index contributed by atoms with van der Waals surface area (Å²) in [4.78, 5) is 12.2. The van der Waals surface area contributed by atoms with E-state index in [-0.39, 0.29) is 11.8 Å². The number of methoxy groups -OCH3 is 2. The molecule has 1 aliphatic rings. The molecule has 0 radical (unpaired) electrons. The lowest BCUT2D eigenvalue weighted by atomic mass is 10.0. The van der Waals surface area contributed by atoms with Gasteiger partial charge in [0, 0.05) is 12.0 Å². The molecule has 1 fully saturated rings. The molecule has 1 N–H and O–H groups in total. The van der Waals surface area contributed by atoms with Gasteiger partial charge in [0.25, 0.3) is 0 Å². The van der Waals surface area contributed by atoms with Gasteiger partial charge in [0.1, 0.15) is 11.5 Å². The Bertz CT molecular complexity index is 444. The predicted octanol–water partition coefficient (Wildman–Crippen LogP) is 2.79. The van der Waals surface area contributed by atoms with Crippen LogP contribution in [0.15, 0.2) is 18.2 Å². The molecule has 0 unspecified atom stereocenters. The van der Waals surface area contributed by atoms with E-state index in [4.69, 9.17) is 9.47 Å². The van der Waals surface area contributed by atoms with Crippen LogP contribution in [0.25, 0.3) is 0 Å². The second-order valence-electron chi connectivity index (χ2n) is 4.44. The van der Waals surface area contributed by atoms with Gasteiger partial charge in [-0.3, -0.25) is 4.79 Å². The monoisotopic (exact) mass is 281 g/mol. The number of ether oxygens (including phenoxy) is 2. The third-order valence-corrected chi connectivity index (χ3v) is 4.31. The summed E-state index contributed by atoms with van der Waals surface area (Å²) in [6.45, 7) is 0. The van der Waals surface area contributed by atoms with Crippen molar-refractivity contribution in [1.82, 2.24) is 0 Å². The molecule has 5 heteroatoms. The summed E-state index contributed by atoms with van der Waals surface area (Å²) in [6.07, 6.45) is 1.89. The van der Waals surface area contributed by atoms with Crippen LogP contribution in [-0.4, -0.2) is 31.6 Å². The van der Waals surface area contributed by atoms with Crippen LogP contribution < -0.4 is 14.8 Å². The highest BCUT2D eigenvalue weighted by Crippen LogP contribution is 2.30. The number of hydrogen-bond donors (Lipinski definition) is 1. The van der Waals surface area contributed by atoms with Crippen molar-refractivity contribution in [3.63, 3.8) is 0 Å². The maximum absolute atomic E-state index is 12.2. The fourth-order valence-electron chi connectivity index (χ4n) is 2.11. The van der Waals surface area contributed by atoms with E-state index in [0.29, 0.717) is 17.2 Å². The Labute approximate surface area is 117 Å². The van der Waals surface area contributed by atoms with Crippen LogP contribution in [0.1, 0.15) is 12.8 Å². The second kappa shape index (κ2) is 6.70. The smallest absolute Gasteiger partial charge is 0.227 e. The minimum atomic E-state index is 0.0758. The van der Waals surface area contributed by atoms with Gasteiger partial charge in [-0.1, -0.05) is 0 Å². The predicted molar refractivity (Wildman–Crippen MR) is 78.2 cm³/mol. The molecule has 1 saturated heterocycles. The molecule has 1 amide bonds. The Kier molecular flexibility index (Phi) is 4.96. The SMILES string of the molecule is COc1ccc(OC)c(NC(=O)C2CCSCC2)c1. The van der Waals surface area contributed by atoms with Gasteiger partial charge in [0.15, 0.2) is 0 Å². The lowest BCUT2D eigenvalue weighted by molar-refractivity contribution is -0.120. The largest absolute Gasteiger partial charge is 0.497 e. The van der Waals surface area contributed by atoms with E-state index in [1.807, 2.05) is 17.8 Å². The Balaban J connectivity index is 2.10. The molecule has 0 aliphatic carbocycles. The maximum atomic E-state index is 12.2. The average molecular weight is 281 g/mol. The number of benzene rings is 1. The van der Waals surface area contributed by atoms with Gasteiger partial charge in [0.05, 0.1) is 19.9 Å². The zero-order chi connectivity index (χ0) is 13.7. The Hall–Kier alpha value is -1.36. The Morgan fingerprint density at radius 3 is 2.63 bits per heavy atom. The van der Waals surface area contributed by atoms with E-state index in [0.717, 1.165) is 24.3 Å². The van der Waals surface area contributed by atoms with E-state index < -0.39 is 0 Å². The first-order valence-corrected chi connectivity index (χ1v) is 7.50. The molecule has 19 heavy (non-hydrogen) atoms. The zero-order valence-electron chi connectivity index (χ0n) is 11.3. The molecule has 0 saturated carbocycles. The van der Waals surface area contributed by atoms with E-state index in [1.165, 1.54) is 0 Å². The van der Waals surface area contributed by atoms with Crippen LogP contribution in [0, 0.1) is 5.92 Å². The third kappa shape index (κ3) is 3.56. The summed E-state index contributed by atoms with van der Waals surface area (Å²) in [5.74, 6) is 3.67. The van der Waals surface area contributed by atoms with Crippen molar-refractivity contribution in [2.45, 2.75) is 12.8 Å². The van der Waals surface area contributed by atoms with Crippen LogP contribution in [0.4, 0.5) is 5.69 Å². The molecule has 0 spiro atoms. The minimum Gasteiger partial charge on any atom is -0.497 e. The topological polar surface area (TPSA) is 47.6 Å². The molecular weight excluding hydrogens is 262 g/mol. The highest BCUT2D eigenvalue weighted by molar-refractivity contribution is 7.99. The highest BCUT2D eigenvalue weighted by atomic mass is 32.2. The van der Waals surface area contributed by atoms with Crippen molar-refractivity contribution < 1.29 is 14.3 Å². The summed E-state index contributed by atoms with van der Waals surface area (Å²) in [6, 6.07) is 5.39. The summed E-state index contributed by atoms with van der Waals surface area (Å²) in [5.41, 5.74) is 0.671. The molecule has 0 atom stereocenters. The summed E-state index contributed by atoms with van der Waals surface area (Å²) >= 11 is 1.91. The average Bonchev–Trinajstić information content (AvgIpc) is 2.48. The van der Waals surface area contributed by atoms with Gasteiger partial charge >= 0.3 is 0 Å². The summed E-state index contributed by atoms with van der Waals surface area (Å²) in [7, 11) is 3.19. The van der Waals surface area contributed by atoms with Crippen molar-refractivity contribution in [3.05, 3.63) is 18.2 Å². The van der Waals surface area contributed by atoms with Crippen molar-refractivity contribution in [1.29, 1.82) is 0 Å². The standard InChI is InChI=1S/C14H19NO3S/c1-17-11-3-4-13(18-2)12(9-11)15-14(16)10-5-7-19-8-6-10/h3-4,9-10H,5-8H2,1-2H3,(H,15,16). The molecule has 1 aliphatic heterocycles. The molecule has 2 rings (SSSR count). The van der Waals surface area contributed by atoms with Gasteiger partial charge in [0.2, 0.25) is 5.91 Å². The van der Waals surface area contributed by atoms with E-state index in [9.17, 15) is 4.79 Å². The van der Waals surface area contributed by atoms with Crippen LogP contribution in [0.2, 0.25) is 0 Å². The maximum Gasteiger partial charge on any atom is 0.227 e. The number of hydrogen-bond acceptors (Lipinski definition) is 4. The Morgan fingerprint density at radius 2 is 2.00 bits per heavy atom. The van der Waals surface area contributed by atoms with E-state index >= 15 is 0 Å². The number of thioether (sulfide) groups is 1. The molecule has 1 aromatic carbocycles. The van der Waals surface area contributed by atoms with Crippen LogP contribution >= 0.6 is 11.8 Å². The number of anilines is 1. The van der Waals surface area contributed by atoms with E-state index in [1.54, 1.807) is 26.4 Å². The first kappa shape index (κ1) is 14.1.